The summed E-state index contributed by atoms with van der Waals surface area (Å²) in [5.41, 5.74) is 2.24. The van der Waals surface area contributed by atoms with Gasteiger partial charge in [-0.05, 0) is 36.8 Å². The first-order valence-electron chi connectivity index (χ1n) is 8.50. The van der Waals surface area contributed by atoms with E-state index in [2.05, 4.69) is 32.9 Å². The fourth-order valence-electron chi connectivity index (χ4n) is 2.50. The van der Waals surface area contributed by atoms with Crippen LogP contribution in [0, 0.1) is 5.92 Å². The fourth-order valence-corrected chi connectivity index (χ4v) is 2.50. The maximum absolute atomic E-state index is 10.4. The van der Waals surface area contributed by atoms with Crippen LogP contribution in [0.1, 0.15) is 70.6 Å². The van der Waals surface area contributed by atoms with E-state index in [9.17, 15) is 5.11 Å². The molecule has 120 valence electrons. The summed E-state index contributed by atoms with van der Waals surface area (Å²) in [6.07, 6.45) is 5.19. The molecule has 0 fully saturated rings. The van der Waals surface area contributed by atoms with Crippen LogP contribution in [0.2, 0.25) is 0 Å². The highest BCUT2D eigenvalue weighted by Gasteiger charge is 2.18. The lowest BCUT2D eigenvalue weighted by atomic mass is 10.00. The first kappa shape index (κ1) is 18.2. The van der Waals surface area contributed by atoms with E-state index >= 15 is 0 Å². The lowest BCUT2D eigenvalue weighted by Gasteiger charge is -2.23. The lowest BCUT2D eigenvalue weighted by Crippen LogP contribution is -2.22. The third-order valence-corrected chi connectivity index (χ3v) is 4.31. The van der Waals surface area contributed by atoms with Gasteiger partial charge in [-0.15, -0.1) is 0 Å². The molecule has 0 amide bonds. The fraction of sp³-hybridized carbons (Fsp3) is 0.684. The summed E-state index contributed by atoms with van der Waals surface area (Å²) in [5, 5.41) is 10.4. The first-order valence-corrected chi connectivity index (χ1v) is 8.50. The number of hydrogen-bond acceptors (Lipinski definition) is 2. The topological polar surface area (TPSA) is 29.5 Å². The minimum atomic E-state index is -0.542. The molecule has 0 aliphatic carbocycles. The standard InChI is InChI=1S/C19H32O2/c1-5-8-9-17(7-3)14-21-15(4)19(20)18-12-10-16(6-2)11-13-18/h10-13,15,17,19-20H,5-9,14H2,1-4H3. The van der Waals surface area contributed by atoms with Gasteiger partial charge in [0.05, 0.1) is 6.10 Å². The van der Waals surface area contributed by atoms with Crippen molar-refractivity contribution >= 4 is 0 Å². The predicted molar refractivity (Wildman–Crippen MR) is 89.5 cm³/mol. The molecule has 21 heavy (non-hydrogen) atoms. The van der Waals surface area contributed by atoms with E-state index in [1.54, 1.807) is 0 Å². The molecule has 1 N–H and O–H groups in total. The van der Waals surface area contributed by atoms with Gasteiger partial charge in [0.25, 0.3) is 0 Å². The summed E-state index contributed by atoms with van der Waals surface area (Å²) in [6.45, 7) is 9.29. The number of aryl methyl sites for hydroxylation is 1. The molecule has 3 atom stereocenters. The number of unbranched alkanes of at least 4 members (excludes halogenated alkanes) is 1. The second-order valence-corrected chi connectivity index (χ2v) is 5.99. The van der Waals surface area contributed by atoms with E-state index in [1.807, 2.05) is 19.1 Å². The van der Waals surface area contributed by atoms with E-state index in [1.165, 1.54) is 24.8 Å². The van der Waals surface area contributed by atoms with E-state index in [4.69, 9.17) is 4.74 Å². The van der Waals surface area contributed by atoms with Crippen molar-refractivity contribution in [2.24, 2.45) is 5.92 Å². The second-order valence-electron chi connectivity index (χ2n) is 5.99. The maximum Gasteiger partial charge on any atom is 0.105 e. The largest absolute Gasteiger partial charge is 0.386 e. The maximum atomic E-state index is 10.4. The Morgan fingerprint density at radius 3 is 2.29 bits per heavy atom. The van der Waals surface area contributed by atoms with Crippen molar-refractivity contribution in [1.82, 2.24) is 0 Å². The molecule has 0 aliphatic rings. The summed E-state index contributed by atoms with van der Waals surface area (Å²) in [4.78, 5) is 0. The number of benzene rings is 1. The van der Waals surface area contributed by atoms with Gasteiger partial charge in [-0.2, -0.15) is 0 Å². The summed E-state index contributed by atoms with van der Waals surface area (Å²) >= 11 is 0. The van der Waals surface area contributed by atoms with E-state index in [0.717, 1.165) is 25.0 Å². The van der Waals surface area contributed by atoms with Crippen LogP contribution in [0.4, 0.5) is 0 Å². The second kappa shape index (κ2) is 9.97. The summed E-state index contributed by atoms with van der Waals surface area (Å²) in [6, 6.07) is 8.19. The third-order valence-electron chi connectivity index (χ3n) is 4.31. The number of aliphatic hydroxyl groups is 1. The summed E-state index contributed by atoms with van der Waals surface area (Å²) in [7, 11) is 0. The predicted octanol–water partition coefficient (Wildman–Crippen LogP) is 4.90. The molecule has 2 heteroatoms. The van der Waals surface area contributed by atoms with Gasteiger partial charge in [0, 0.05) is 6.61 Å². The van der Waals surface area contributed by atoms with Crippen LogP contribution in [0.25, 0.3) is 0 Å². The molecule has 0 heterocycles. The smallest absolute Gasteiger partial charge is 0.105 e. The molecule has 1 rings (SSSR count). The molecular formula is C19H32O2. The van der Waals surface area contributed by atoms with E-state index in [0.29, 0.717) is 5.92 Å². The first-order chi connectivity index (χ1) is 10.1. The molecule has 0 radical (unpaired) electrons. The minimum Gasteiger partial charge on any atom is -0.386 e. The average molecular weight is 292 g/mol. The van der Waals surface area contributed by atoms with Gasteiger partial charge in [-0.3, -0.25) is 0 Å². The van der Waals surface area contributed by atoms with Crippen LogP contribution >= 0.6 is 0 Å². The zero-order chi connectivity index (χ0) is 15.7. The zero-order valence-corrected chi connectivity index (χ0v) is 14.1. The molecule has 0 saturated heterocycles. The molecule has 3 unspecified atom stereocenters. The van der Waals surface area contributed by atoms with Crippen molar-refractivity contribution < 1.29 is 9.84 Å². The van der Waals surface area contributed by atoms with Crippen molar-refractivity contribution in [3.63, 3.8) is 0 Å². The Kier molecular flexibility index (Phi) is 8.63. The highest BCUT2D eigenvalue weighted by Crippen LogP contribution is 2.22. The Bertz CT molecular complexity index is 372. The number of rotatable bonds is 10. The van der Waals surface area contributed by atoms with Gasteiger partial charge in [0.1, 0.15) is 6.10 Å². The Labute approximate surface area is 130 Å². The van der Waals surface area contributed by atoms with Crippen LogP contribution in [-0.4, -0.2) is 17.8 Å². The Morgan fingerprint density at radius 1 is 1.10 bits per heavy atom. The van der Waals surface area contributed by atoms with Crippen molar-refractivity contribution in [2.45, 2.75) is 72.0 Å². The SMILES string of the molecule is CCCCC(CC)COC(C)C(O)c1ccc(CC)cc1. The third kappa shape index (κ3) is 6.19. The van der Waals surface area contributed by atoms with E-state index < -0.39 is 6.10 Å². The average Bonchev–Trinajstić information content (AvgIpc) is 2.54. The molecule has 1 aromatic rings. The minimum absolute atomic E-state index is 0.159. The highest BCUT2D eigenvalue weighted by atomic mass is 16.5. The molecule has 0 saturated carbocycles. The monoisotopic (exact) mass is 292 g/mol. The van der Waals surface area contributed by atoms with Crippen molar-refractivity contribution in [1.29, 1.82) is 0 Å². The van der Waals surface area contributed by atoms with Gasteiger partial charge in [-0.25, -0.2) is 0 Å². The molecule has 1 aromatic carbocycles. The van der Waals surface area contributed by atoms with Crippen molar-refractivity contribution in [3.05, 3.63) is 35.4 Å². The molecule has 0 spiro atoms. The van der Waals surface area contributed by atoms with Crippen molar-refractivity contribution in [3.8, 4) is 0 Å². The van der Waals surface area contributed by atoms with Crippen LogP contribution < -0.4 is 0 Å². The molecule has 0 aromatic heterocycles. The quantitative estimate of drug-likeness (QED) is 0.664. The van der Waals surface area contributed by atoms with Crippen LogP contribution in [-0.2, 0) is 11.2 Å². The summed E-state index contributed by atoms with van der Waals surface area (Å²) < 4.78 is 5.91. The molecule has 2 nitrogen and oxygen atoms in total. The van der Waals surface area contributed by atoms with Gasteiger partial charge in [0.15, 0.2) is 0 Å². The van der Waals surface area contributed by atoms with Crippen molar-refractivity contribution in [2.75, 3.05) is 6.61 Å². The van der Waals surface area contributed by atoms with Gasteiger partial charge in [0.2, 0.25) is 0 Å². The number of hydrogen-bond donors (Lipinski definition) is 1. The molecule has 0 aliphatic heterocycles. The molecule has 0 bridgehead atoms. The van der Waals surface area contributed by atoms with Crippen LogP contribution in [0.15, 0.2) is 24.3 Å². The lowest BCUT2D eigenvalue weighted by molar-refractivity contribution is -0.0421. The van der Waals surface area contributed by atoms with Gasteiger partial charge >= 0.3 is 0 Å². The van der Waals surface area contributed by atoms with Crippen LogP contribution in [0.5, 0.6) is 0 Å². The Morgan fingerprint density at radius 2 is 1.76 bits per heavy atom. The van der Waals surface area contributed by atoms with Crippen LogP contribution in [0.3, 0.4) is 0 Å². The van der Waals surface area contributed by atoms with Gasteiger partial charge < -0.3 is 9.84 Å². The number of ether oxygens (including phenoxy) is 1. The van der Waals surface area contributed by atoms with Gasteiger partial charge in [-0.1, -0.05) is 64.3 Å². The Balaban J connectivity index is 2.47. The molecular weight excluding hydrogens is 260 g/mol. The van der Waals surface area contributed by atoms with E-state index in [-0.39, 0.29) is 6.10 Å². The zero-order valence-electron chi connectivity index (χ0n) is 14.1. The highest BCUT2D eigenvalue weighted by molar-refractivity contribution is 5.24. The Hall–Kier alpha value is -0.860. The number of aliphatic hydroxyl groups excluding tert-OH is 1. The summed E-state index contributed by atoms with van der Waals surface area (Å²) in [5.74, 6) is 0.613. The normalized spacial score (nSPS) is 15.7.